The van der Waals surface area contributed by atoms with E-state index in [1.807, 2.05) is 0 Å². The van der Waals surface area contributed by atoms with Gasteiger partial charge in [-0.25, -0.2) is 4.79 Å². The van der Waals surface area contributed by atoms with Crippen molar-refractivity contribution in [1.82, 2.24) is 9.27 Å². The Hall–Kier alpha value is -1.33. The van der Waals surface area contributed by atoms with Crippen LogP contribution in [0.15, 0.2) is 23.0 Å². The molecule has 0 bridgehead atoms. The lowest BCUT2D eigenvalue weighted by molar-refractivity contribution is 0.246. The third-order valence-electron chi connectivity index (χ3n) is 1.95. The zero-order valence-corrected chi connectivity index (χ0v) is 9.35. The van der Waals surface area contributed by atoms with E-state index in [9.17, 15) is 9.59 Å². The van der Waals surface area contributed by atoms with Crippen LogP contribution in [-0.2, 0) is 0 Å². The van der Waals surface area contributed by atoms with Crippen LogP contribution in [0.2, 0.25) is 5.02 Å². The normalized spacial score (nSPS) is 10.5. The Kier molecular flexibility index (Phi) is 2.50. The molecule has 15 heavy (non-hydrogen) atoms. The number of aromatic nitrogens is 1. The maximum absolute atomic E-state index is 11.7. The standard InChI is InChI=1S/C9H7ClN2O2S/c1-11-9(14)12-8(13)6-3-2-5(10)4-7(6)15-12/h2-4H,1H3,(H,11,14). The molecule has 0 atom stereocenters. The molecule has 0 aliphatic heterocycles. The third kappa shape index (κ3) is 1.64. The Balaban J connectivity index is 2.75. The van der Waals surface area contributed by atoms with Crippen LogP contribution in [0.3, 0.4) is 0 Å². The van der Waals surface area contributed by atoms with E-state index < -0.39 is 6.03 Å². The molecule has 0 saturated heterocycles. The Morgan fingerprint density at radius 1 is 1.53 bits per heavy atom. The number of carbonyl (C=O) groups is 1. The van der Waals surface area contributed by atoms with Gasteiger partial charge in [0, 0.05) is 12.1 Å². The van der Waals surface area contributed by atoms with E-state index in [2.05, 4.69) is 5.32 Å². The molecule has 0 fully saturated rings. The summed E-state index contributed by atoms with van der Waals surface area (Å²) in [5, 5.41) is 3.46. The summed E-state index contributed by atoms with van der Waals surface area (Å²) in [5.41, 5.74) is -0.314. The van der Waals surface area contributed by atoms with E-state index in [-0.39, 0.29) is 5.56 Å². The fraction of sp³-hybridized carbons (Fsp3) is 0.111. The van der Waals surface area contributed by atoms with Gasteiger partial charge in [0.25, 0.3) is 5.56 Å². The van der Waals surface area contributed by atoms with Gasteiger partial charge in [-0.15, -0.1) is 0 Å². The number of nitrogens with one attached hydrogen (secondary N) is 1. The maximum atomic E-state index is 11.7. The van der Waals surface area contributed by atoms with Gasteiger partial charge in [0.05, 0.1) is 10.1 Å². The lowest BCUT2D eigenvalue weighted by Gasteiger charge is -1.94. The molecule has 1 amide bonds. The van der Waals surface area contributed by atoms with Crippen molar-refractivity contribution in [3.05, 3.63) is 33.6 Å². The van der Waals surface area contributed by atoms with Gasteiger partial charge in [0.15, 0.2) is 0 Å². The number of carbonyl (C=O) groups excluding carboxylic acids is 1. The van der Waals surface area contributed by atoms with Gasteiger partial charge in [0.2, 0.25) is 0 Å². The molecule has 1 aromatic heterocycles. The van der Waals surface area contributed by atoms with Crippen molar-refractivity contribution < 1.29 is 4.79 Å². The van der Waals surface area contributed by atoms with Crippen molar-refractivity contribution in [2.45, 2.75) is 0 Å². The van der Waals surface area contributed by atoms with Crippen molar-refractivity contribution in [1.29, 1.82) is 0 Å². The summed E-state index contributed by atoms with van der Waals surface area (Å²) in [6.07, 6.45) is 0. The average Bonchev–Trinajstić information content (AvgIpc) is 2.54. The van der Waals surface area contributed by atoms with E-state index in [0.717, 1.165) is 15.5 Å². The SMILES string of the molecule is CNC(=O)n1sc2cc(Cl)ccc2c1=O. The topological polar surface area (TPSA) is 51.1 Å². The molecule has 0 aliphatic rings. The molecular formula is C9H7ClN2O2S. The smallest absolute Gasteiger partial charge is 0.337 e. The highest BCUT2D eigenvalue weighted by Gasteiger charge is 2.12. The predicted octanol–water partition coefficient (Wildman–Crippen LogP) is 1.90. The van der Waals surface area contributed by atoms with E-state index in [1.165, 1.54) is 7.05 Å². The fourth-order valence-corrected chi connectivity index (χ4v) is 2.46. The average molecular weight is 243 g/mol. The van der Waals surface area contributed by atoms with Crippen molar-refractivity contribution >= 4 is 39.3 Å². The zero-order valence-electron chi connectivity index (χ0n) is 7.78. The van der Waals surface area contributed by atoms with Crippen molar-refractivity contribution in [3.63, 3.8) is 0 Å². The first-order chi connectivity index (χ1) is 7.13. The molecule has 0 radical (unpaired) electrons. The van der Waals surface area contributed by atoms with Gasteiger partial charge in [-0.1, -0.05) is 11.6 Å². The number of hydrogen-bond acceptors (Lipinski definition) is 3. The van der Waals surface area contributed by atoms with Crippen LogP contribution in [0.25, 0.3) is 10.1 Å². The summed E-state index contributed by atoms with van der Waals surface area (Å²) in [5.74, 6) is 0. The van der Waals surface area contributed by atoms with Gasteiger partial charge in [-0.2, -0.15) is 3.96 Å². The lowest BCUT2D eigenvalue weighted by Crippen LogP contribution is -2.30. The molecule has 0 aliphatic carbocycles. The van der Waals surface area contributed by atoms with Crippen molar-refractivity contribution in [2.75, 3.05) is 7.05 Å². The first kappa shape index (κ1) is 10.2. The monoisotopic (exact) mass is 242 g/mol. The minimum Gasteiger partial charge on any atom is -0.340 e. The van der Waals surface area contributed by atoms with E-state index >= 15 is 0 Å². The molecule has 1 heterocycles. The maximum Gasteiger partial charge on any atom is 0.337 e. The lowest BCUT2D eigenvalue weighted by atomic mass is 10.3. The number of fused-ring (bicyclic) bond motifs is 1. The first-order valence-corrected chi connectivity index (χ1v) is 5.32. The minimum atomic E-state index is -0.433. The zero-order chi connectivity index (χ0) is 11.0. The van der Waals surface area contributed by atoms with Crippen molar-refractivity contribution in [3.8, 4) is 0 Å². The fourth-order valence-electron chi connectivity index (χ4n) is 1.23. The summed E-state index contributed by atoms with van der Waals surface area (Å²) in [6, 6.07) is 4.49. The first-order valence-electron chi connectivity index (χ1n) is 4.17. The second-order valence-corrected chi connectivity index (χ2v) is 4.31. The number of rotatable bonds is 0. The highest BCUT2D eigenvalue weighted by Crippen LogP contribution is 2.20. The molecule has 2 rings (SSSR count). The van der Waals surface area contributed by atoms with Crippen LogP contribution in [-0.4, -0.2) is 17.0 Å². The highest BCUT2D eigenvalue weighted by atomic mass is 35.5. The molecule has 0 saturated carbocycles. The predicted molar refractivity (Wildman–Crippen MR) is 60.9 cm³/mol. The molecule has 0 unspecified atom stereocenters. The Bertz CT molecular complexity index is 587. The number of halogens is 1. The van der Waals surface area contributed by atoms with Gasteiger partial charge in [-0.05, 0) is 29.7 Å². The number of hydrogen-bond donors (Lipinski definition) is 1. The van der Waals surface area contributed by atoms with E-state index in [1.54, 1.807) is 18.2 Å². The number of amides is 1. The Morgan fingerprint density at radius 3 is 2.93 bits per heavy atom. The van der Waals surface area contributed by atoms with Gasteiger partial charge in [0.1, 0.15) is 0 Å². The van der Waals surface area contributed by atoms with E-state index in [0.29, 0.717) is 15.1 Å². The van der Waals surface area contributed by atoms with Gasteiger partial charge in [-0.3, -0.25) is 4.79 Å². The van der Waals surface area contributed by atoms with Crippen LogP contribution in [0.1, 0.15) is 0 Å². The molecule has 2 aromatic rings. The third-order valence-corrected chi connectivity index (χ3v) is 3.23. The minimum absolute atomic E-state index is 0.314. The quantitative estimate of drug-likeness (QED) is 0.767. The Morgan fingerprint density at radius 2 is 2.27 bits per heavy atom. The molecule has 6 heteroatoms. The number of benzene rings is 1. The number of nitrogens with zero attached hydrogens (tertiary/aromatic N) is 1. The largest absolute Gasteiger partial charge is 0.340 e. The van der Waals surface area contributed by atoms with Crippen molar-refractivity contribution in [2.24, 2.45) is 0 Å². The van der Waals surface area contributed by atoms with Crippen LogP contribution in [0.4, 0.5) is 4.79 Å². The summed E-state index contributed by atoms with van der Waals surface area (Å²) in [4.78, 5) is 23.0. The molecular weight excluding hydrogens is 236 g/mol. The summed E-state index contributed by atoms with van der Waals surface area (Å²) < 4.78 is 1.78. The molecule has 4 nitrogen and oxygen atoms in total. The van der Waals surface area contributed by atoms with Gasteiger partial charge < -0.3 is 5.32 Å². The molecule has 78 valence electrons. The van der Waals surface area contributed by atoms with Crippen LogP contribution < -0.4 is 10.9 Å². The van der Waals surface area contributed by atoms with Crippen LogP contribution >= 0.6 is 23.1 Å². The summed E-state index contributed by atoms with van der Waals surface area (Å²) in [6.45, 7) is 0. The van der Waals surface area contributed by atoms with Crippen LogP contribution in [0, 0.1) is 0 Å². The van der Waals surface area contributed by atoms with E-state index in [4.69, 9.17) is 11.6 Å². The second kappa shape index (κ2) is 3.67. The molecule has 1 aromatic carbocycles. The van der Waals surface area contributed by atoms with Crippen LogP contribution in [0.5, 0.6) is 0 Å². The summed E-state index contributed by atoms with van der Waals surface area (Å²) >= 11 is 6.87. The van der Waals surface area contributed by atoms with Gasteiger partial charge >= 0.3 is 6.03 Å². The second-order valence-electron chi connectivity index (χ2n) is 2.89. The molecule has 1 N–H and O–H groups in total. The molecule has 0 spiro atoms. The highest BCUT2D eigenvalue weighted by molar-refractivity contribution is 7.14. The Labute approximate surface area is 94.2 Å². The summed E-state index contributed by atoms with van der Waals surface area (Å²) in [7, 11) is 1.48.